The average Bonchev–Trinajstić information content (AvgIpc) is 2.17. The molecule has 0 saturated heterocycles. The van der Waals surface area contributed by atoms with Gasteiger partial charge < -0.3 is 0 Å². The van der Waals surface area contributed by atoms with E-state index in [9.17, 15) is 9.18 Å². The molecule has 3 nitrogen and oxygen atoms in total. The summed E-state index contributed by atoms with van der Waals surface area (Å²) in [5.41, 5.74) is 0.0437. The molecule has 2 aromatic rings. The maximum absolute atomic E-state index is 12.9. The van der Waals surface area contributed by atoms with Crippen molar-refractivity contribution in [3.8, 4) is 0 Å². The van der Waals surface area contributed by atoms with E-state index >= 15 is 0 Å². The maximum Gasteiger partial charge on any atom is 0.262 e. The fraction of sp³-hybridized carbons (Fsp3) is 0.200. The first-order valence-electron chi connectivity index (χ1n) is 4.49. The van der Waals surface area contributed by atoms with Crippen LogP contribution in [0.5, 0.6) is 0 Å². The number of halogens is 2. The topological polar surface area (TPSA) is 34.9 Å². The normalized spacial score (nSPS) is 10.9. The van der Waals surface area contributed by atoms with Crippen LogP contribution in [0.1, 0.15) is 6.92 Å². The van der Waals surface area contributed by atoms with Gasteiger partial charge in [0, 0.05) is 12.6 Å². The van der Waals surface area contributed by atoms with Crippen molar-refractivity contribution in [2.45, 2.75) is 13.5 Å². The number of benzene rings is 1. The molecule has 0 fully saturated rings. The molecule has 0 N–H and O–H groups in total. The second-order valence-corrected chi connectivity index (χ2v) is 3.43. The zero-order valence-electron chi connectivity index (χ0n) is 8.00. The predicted octanol–water partition coefficient (Wildman–Crippen LogP) is 2.21. The van der Waals surface area contributed by atoms with Gasteiger partial charge in [-0.1, -0.05) is 0 Å². The van der Waals surface area contributed by atoms with Gasteiger partial charge >= 0.3 is 0 Å². The van der Waals surface area contributed by atoms with Crippen LogP contribution in [0.2, 0.25) is 5.28 Å². The van der Waals surface area contributed by atoms with Crippen molar-refractivity contribution in [3.63, 3.8) is 0 Å². The molecular formula is C10H8ClFN2O. The molecule has 0 aliphatic rings. The molecule has 0 saturated carbocycles. The summed E-state index contributed by atoms with van der Waals surface area (Å²) in [5.74, 6) is -0.431. The Morgan fingerprint density at radius 1 is 1.53 bits per heavy atom. The van der Waals surface area contributed by atoms with Crippen LogP contribution in [0, 0.1) is 5.82 Å². The lowest BCUT2D eigenvalue weighted by molar-refractivity contribution is 0.628. The third-order valence-electron chi connectivity index (χ3n) is 2.19. The zero-order valence-corrected chi connectivity index (χ0v) is 8.75. The van der Waals surface area contributed by atoms with Gasteiger partial charge in [0.25, 0.3) is 5.56 Å². The highest BCUT2D eigenvalue weighted by atomic mass is 35.5. The molecule has 15 heavy (non-hydrogen) atoms. The Kier molecular flexibility index (Phi) is 2.44. The largest absolute Gasteiger partial charge is 0.283 e. The lowest BCUT2D eigenvalue weighted by Crippen LogP contribution is -2.21. The second-order valence-electron chi connectivity index (χ2n) is 3.09. The summed E-state index contributed by atoms with van der Waals surface area (Å²) in [4.78, 5) is 15.8. The molecule has 0 radical (unpaired) electrons. The van der Waals surface area contributed by atoms with E-state index in [4.69, 9.17) is 11.6 Å². The molecule has 0 aliphatic carbocycles. The van der Waals surface area contributed by atoms with Crippen molar-refractivity contribution in [1.82, 2.24) is 9.55 Å². The molecule has 0 amide bonds. The van der Waals surface area contributed by atoms with Crippen LogP contribution in [0.25, 0.3) is 10.9 Å². The molecule has 5 heteroatoms. The van der Waals surface area contributed by atoms with Crippen LogP contribution in [0.15, 0.2) is 23.0 Å². The summed E-state index contributed by atoms with van der Waals surface area (Å²) in [6, 6.07) is 3.85. The lowest BCUT2D eigenvalue weighted by atomic mass is 10.2. The summed E-state index contributed by atoms with van der Waals surface area (Å²) in [6.45, 7) is 2.24. The Labute approximate surface area is 90.1 Å². The molecule has 2 rings (SSSR count). The van der Waals surface area contributed by atoms with Crippen molar-refractivity contribution in [2.75, 3.05) is 0 Å². The second kappa shape index (κ2) is 3.62. The Balaban J connectivity index is 2.91. The molecule has 1 aromatic carbocycles. The molecule has 0 unspecified atom stereocenters. The summed E-state index contributed by atoms with van der Waals surface area (Å²) in [5, 5.41) is 0.461. The highest BCUT2D eigenvalue weighted by Crippen LogP contribution is 2.12. The highest BCUT2D eigenvalue weighted by Gasteiger charge is 2.08. The van der Waals surface area contributed by atoms with E-state index in [0.29, 0.717) is 11.9 Å². The van der Waals surface area contributed by atoms with Crippen LogP contribution < -0.4 is 5.56 Å². The first-order valence-corrected chi connectivity index (χ1v) is 4.87. The van der Waals surface area contributed by atoms with Crippen molar-refractivity contribution in [1.29, 1.82) is 0 Å². The van der Waals surface area contributed by atoms with E-state index in [1.54, 1.807) is 6.92 Å². The number of nitrogens with zero attached hydrogens (tertiary/aromatic N) is 2. The Hall–Kier alpha value is -1.42. The van der Waals surface area contributed by atoms with E-state index in [-0.39, 0.29) is 16.4 Å². The Bertz CT molecular complexity index is 579. The van der Waals surface area contributed by atoms with Gasteiger partial charge in [-0.2, -0.15) is 0 Å². The minimum absolute atomic E-state index is 0.0839. The molecule has 1 heterocycles. The van der Waals surface area contributed by atoms with Gasteiger partial charge in [-0.3, -0.25) is 9.36 Å². The molecule has 1 aromatic heterocycles. The number of hydrogen-bond acceptors (Lipinski definition) is 2. The molecule has 0 bridgehead atoms. The molecular weight excluding hydrogens is 219 g/mol. The third kappa shape index (κ3) is 1.61. The highest BCUT2D eigenvalue weighted by molar-refractivity contribution is 6.28. The Morgan fingerprint density at radius 2 is 2.27 bits per heavy atom. The smallest absolute Gasteiger partial charge is 0.262 e. The summed E-state index contributed by atoms with van der Waals surface area (Å²) < 4.78 is 14.2. The van der Waals surface area contributed by atoms with Crippen molar-refractivity contribution in [3.05, 3.63) is 39.7 Å². The monoisotopic (exact) mass is 226 g/mol. The van der Waals surface area contributed by atoms with E-state index in [2.05, 4.69) is 4.98 Å². The van der Waals surface area contributed by atoms with Crippen molar-refractivity contribution in [2.24, 2.45) is 0 Å². The quantitative estimate of drug-likeness (QED) is 0.699. The summed E-state index contributed by atoms with van der Waals surface area (Å²) in [6.07, 6.45) is 0. The van der Waals surface area contributed by atoms with E-state index in [1.165, 1.54) is 22.8 Å². The first-order chi connectivity index (χ1) is 7.13. The molecule has 0 aliphatic heterocycles. The number of rotatable bonds is 1. The first kappa shape index (κ1) is 10.1. The minimum atomic E-state index is -0.431. The van der Waals surface area contributed by atoms with Crippen molar-refractivity contribution < 1.29 is 4.39 Å². The lowest BCUT2D eigenvalue weighted by Gasteiger charge is -2.05. The van der Waals surface area contributed by atoms with Gasteiger partial charge in [0.05, 0.1) is 10.9 Å². The molecule has 78 valence electrons. The Morgan fingerprint density at radius 3 is 2.93 bits per heavy atom. The van der Waals surface area contributed by atoms with Crippen LogP contribution in [0.4, 0.5) is 4.39 Å². The SMILES string of the molecule is CCn1c(Cl)nc2cc(F)ccc2c1=O. The number of aromatic nitrogens is 2. The van der Waals surface area contributed by atoms with Crippen molar-refractivity contribution >= 4 is 22.5 Å². The summed E-state index contributed by atoms with van der Waals surface area (Å²) >= 11 is 5.79. The third-order valence-corrected chi connectivity index (χ3v) is 2.48. The van der Waals surface area contributed by atoms with Gasteiger partial charge in [0.2, 0.25) is 5.28 Å². The van der Waals surface area contributed by atoms with E-state index in [0.717, 1.165) is 0 Å². The number of fused-ring (bicyclic) bond motifs is 1. The van der Waals surface area contributed by atoms with Crippen LogP contribution in [-0.2, 0) is 6.54 Å². The van der Waals surface area contributed by atoms with Gasteiger partial charge in [0.15, 0.2) is 0 Å². The van der Waals surface area contributed by atoms with Gasteiger partial charge in [-0.05, 0) is 30.7 Å². The number of hydrogen-bond donors (Lipinski definition) is 0. The maximum atomic E-state index is 12.9. The predicted molar refractivity (Wildman–Crippen MR) is 56.6 cm³/mol. The van der Waals surface area contributed by atoms with Gasteiger partial charge in [0.1, 0.15) is 5.82 Å². The zero-order chi connectivity index (χ0) is 11.0. The fourth-order valence-corrected chi connectivity index (χ4v) is 1.73. The average molecular weight is 227 g/mol. The molecule has 0 atom stereocenters. The van der Waals surface area contributed by atoms with Gasteiger partial charge in [-0.25, -0.2) is 9.37 Å². The summed E-state index contributed by atoms with van der Waals surface area (Å²) in [7, 11) is 0. The van der Waals surface area contributed by atoms with Crippen LogP contribution >= 0.6 is 11.6 Å². The van der Waals surface area contributed by atoms with Crippen LogP contribution in [-0.4, -0.2) is 9.55 Å². The minimum Gasteiger partial charge on any atom is -0.283 e. The van der Waals surface area contributed by atoms with E-state index < -0.39 is 5.82 Å². The molecule has 0 spiro atoms. The standard InChI is InChI=1S/C10H8ClFN2O/c1-2-14-9(15)7-4-3-6(12)5-8(7)13-10(14)11/h3-5H,2H2,1H3. The van der Waals surface area contributed by atoms with Crippen LogP contribution in [0.3, 0.4) is 0 Å². The fourth-order valence-electron chi connectivity index (χ4n) is 1.44. The van der Waals surface area contributed by atoms with Gasteiger partial charge in [-0.15, -0.1) is 0 Å². The van der Waals surface area contributed by atoms with E-state index in [1.807, 2.05) is 0 Å².